The molecule has 0 heterocycles. The quantitative estimate of drug-likeness (QED) is 0.817. The highest BCUT2D eigenvalue weighted by Crippen LogP contribution is 2.33. The van der Waals surface area contributed by atoms with E-state index in [1.807, 2.05) is 30.3 Å². The van der Waals surface area contributed by atoms with Crippen LogP contribution in [0, 0.1) is 0 Å². The molecule has 2 aromatic rings. The Morgan fingerprint density at radius 2 is 2.04 bits per heavy atom. The Morgan fingerprint density at radius 1 is 1.20 bits per heavy atom. The number of aryl methyl sites for hydroxylation is 1. The van der Waals surface area contributed by atoms with Crippen molar-refractivity contribution in [3.63, 3.8) is 0 Å². The third-order valence-corrected chi connectivity index (χ3v) is 4.59. The summed E-state index contributed by atoms with van der Waals surface area (Å²) < 4.78 is 10.5. The summed E-state index contributed by atoms with van der Waals surface area (Å²) in [5.41, 5.74) is 3.17. The van der Waals surface area contributed by atoms with E-state index in [4.69, 9.17) is 21.1 Å². The molecule has 0 bridgehead atoms. The summed E-state index contributed by atoms with van der Waals surface area (Å²) in [6.45, 7) is 0. The molecule has 0 fully saturated rings. The number of halogens is 1. The average molecular weight is 358 g/mol. The molecule has 1 aliphatic rings. The zero-order chi connectivity index (χ0) is 17.8. The van der Waals surface area contributed by atoms with Crippen LogP contribution in [0.5, 0.6) is 11.5 Å². The van der Waals surface area contributed by atoms with Gasteiger partial charge >= 0.3 is 0 Å². The van der Waals surface area contributed by atoms with Gasteiger partial charge in [-0.05, 0) is 54.3 Å². The Bertz CT molecular complexity index is 817. The first-order valence-corrected chi connectivity index (χ1v) is 8.47. The van der Waals surface area contributed by atoms with Gasteiger partial charge < -0.3 is 14.8 Å². The molecule has 4 nitrogen and oxygen atoms in total. The van der Waals surface area contributed by atoms with Crippen LogP contribution in [-0.2, 0) is 11.2 Å². The molecule has 2 aromatic carbocycles. The Morgan fingerprint density at radius 3 is 2.80 bits per heavy atom. The van der Waals surface area contributed by atoms with Crippen molar-refractivity contribution < 1.29 is 14.3 Å². The minimum absolute atomic E-state index is 0.0298. The van der Waals surface area contributed by atoms with Gasteiger partial charge in [0.2, 0.25) is 5.91 Å². The number of benzene rings is 2. The zero-order valence-corrected chi connectivity index (χ0v) is 15.0. The minimum atomic E-state index is -0.134. The molecular weight excluding hydrogens is 338 g/mol. The van der Waals surface area contributed by atoms with Crippen LogP contribution in [-0.4, -0.2) is 20.1 Å². The summed E-state index contributed by atoms with van der Waals surface area (Å²) in [6, 6.07) is 11.3. The van der Waals surface area contributed by atoms with Gasteiger partial charge in [-0.3, -0.25) is 4.79 Å². The molecule has 1 aliphatic carbocycles. The molecule has 1 N–H and O–H groups in total. The second kappa shape index (κ2) is 7.62. The summed E-state index contributed by atoms with van der Waals surface area (Å²) in [5, 5.41) is 3.78. The van der Waals surface area contributed by atoms with Crippen molar-refractivity contribution in [2.45, 2.75) is 18.9 Å². The van der Waals surface area contributed by atoms with Crippen molar-refractivity contribution in [3.05, 3.63) is 64.2 Å². The molecule has 5 heteroatoms. The smallest absolute Gasteiger partial charge is 0.244 e. The van der Waals surface area contributed by atoms with Crippen LogP contribution in [0.25, 0.3) is 6.08 Å². The minimum Gasteiger partial charge on any atom is -0.497 e. The number of amides is 1. The van der Waals surface area contributed by atoms with Crippen LogP contribution in [0.4, 0.5) is 0 Å². The van der Waals surface area contributed by atoms with Crippen LogP contribution < -0.4 is 14.8 Å². The van der Waals surface area contributed by atoms with Crippen LogP contribution in [0.3, 0.4) is 0 Å². The van der Waals surface area contributed by atoms with Crippen molar-refractivity contribution in [3.8, 4) is 11.5 Å². The second-order valence-electron chi connectivity index (χ2n) is 5.88. The molecular formula is C20H20ClNO3. The molecule has 130 valence electrons. The Kier molecular flexibility index (Phi) is 5.29. The van der Waals surface area contributed by atoms with E-state index in [0.29, 0.717) is 11.5 Å². The maximum atomic E-state index is 12.3. The van der Waals surface area contributed by atoms with E-state index in [9.17, 15) is 4.79 Å². The fourth-order valence-electron chi connectivity index (χ4n) is 3.08. The van der Waals surface area contributed by atoms with E-state index < -0.39 is 0 Å². The van der Waals surface area contributed by atoms with E-state index in [1.165, 1.54) is 11.6 Å². The van der Waals surface area contributed by atoms with Gasteiger partial charge in [-0.25, -0.2) is 0 Å². The van der Waals surface area contributed by atoms with Crippen molar-refractivity contribution >= 4 is 23.6 Å². The molecule has 1 atom stereocenters. The van der Waals surface area contributed by atoms with Crippen molar-refractivity contribution in [2.75, 3.05) is 14.2 Å². The van der Waals surface area contributed by atoms with Crippen molar-refractivity contribution in [1.82, 2.24) is 5.32 Å². The first-order chi connectivity index (χ1) is 12.1. The molecule has 0 radical (unpaired) electrons. The SMILES string of the molecule is COc1ccc(/C=C/C(=O)NC2CCc3cc(Cl)ccc32)c(OC)c1. The normalized spacial score (nSPS) is 15.9. The molecule has 0 aliphatic heterocycles. The van der Waals surface area contributed by atoms with Gasteiger partial charge in [0.15, 0.2) is 0 Å². The number of fused-ring (bicyclic) bond motifs is 1. The lowest BCUT2D eigenvalue weighted by Gasteiger charge is -2.13. The third-order valence-electron chi connectivity index (χ3n) is 4.35. The van der Waals surface area contributed by atoms with Gasteiger partial charge in [0.1, 0.15) is 11.5 Å². The van der Waals surface area contributed by atoms with Gasteiger partial charge in [-0.1, -0.05) is 17.7 Å². The topological polar surface area (TPSA) is 47.6 Å². The molecule has 25 heavy (non-hydrogen) atoms. The first-order valence-electron chi connectivity index (χ1n) is 8.09. The number of nitrogens with one attached hydrogen (secondary N) is 1. The van der Waals surface area contributed by atoms with Crippen molar-refractivity contribution in [2.24, 2.45) is 0 Å². The number of carbonyl (C=O) groups excluding carboxylic acids is 1. The van der Waals surface area contributed by atoms with E-state index in [-0.39, 0.29) is 11.9 Å². The van der Waals surface area contributed by atoms with E-state index in [1.54, 1.807) is 26.4 Å². The molecule has 1 amide bonds. The molecule has 1 unspecified atom stereocenters. The predicted octanol–water partition coefficient (Wildman–Crippen LogP) is 4.17. The van der Waals surface area contributed by atoms with Gasteiger partial charge in [0, 0.05) is 22.7 Å². The Hall–Kier alpha value is -2.46. The number of rotatable bonds is 5. The second-order valence-corrected chi connectivity index (χ2v) is 6.32. The monoisotopic (exact) mass is 357 g/mol. The number of methoxy groups -OCH3 is 2. The molecule has 0 aromatic heterocycles. The number of hydrogen-bond acceptors (Lipinski definition) is 3. The average Bonchev–Trinajstić information content (AvgIpc) is 3.01. The van der Waals surface area contributed by atoms with Gasteiger partial charge in [0.25, 0.3) is 0 Å². The number of ether oxygens (including phenoxy) is 2. The third kappa shape index (κ3) is 3.97. The lowest BCUT2D eigenvalue weighted by atomic mass is 10.1. The van der Waals surface area contributed by atoms with E-state index in [2.05, 4.69) is 5.32 Å². The Labute approximate surface area is 152 Å². The fourth-order valence-corrected chi connectivity index (χ4v) is 3.27. The Balaban J connectivity index is 1.69. The summed E-state index contributed by atoms with van der Waals surface area (Å²) in [4.78, 5) is 12.3. The number of hydrogen-bond donors (Lipinski definition) is 1. The largest absolute Gasteiger partial charge is 0.497 e. The first kappa shape index (κ1) is 17.4. The fraction of sp³-hybridized carbons (Fsp3) is 0.250. The standard InChI is InChI=1S/C20H20ClNO3/c1-24-16-7-3-13(19(12-16)25-2)5-10-20(23)22-18-9-4-14-11-15(21)6-8-17(14)18/h3,5-8,10-12,18H,4,9H2,1-2H3,(H,22,23)/b10-5+. The lowest BCUT2D eigenvalue weighted by molar-refractivity contribution is -0.117. The summed E-state index contributed by atoms with van der Waals surface area (Å²) in [6.07, 6.45) is 5.08. The van der Waals surface area contributed by atoms with Crippen LogP contribution in [0.1, 0.15) is 29.2 Å². The highest BCUT2D eigenvalue weighted by molar-refractivity contribution is 6.30. The van der Waals surface area contributed by atoms with Crippen molar-refractivity contribution in [1.29, 1.82) is 0 Å². The molecule has 0 spiro atoms. The predicted molar refractivity (Wildman–Crippen MR) is 99.2 cm³/mol. The maximum absolute atomic E-state index is 12.3. The van der Waals surface area contributed by atoms with Gasteiger partial charge in [-0.2, -0.15) is 0 Å². The van der Waals surface area contributed by atoms with Crippen LogP contribution in [0.15, 0.2) is 42.5 Å². The maximum Gasteiger partial charge on any atom is 0.244 e. The lowest BCUT2D eigenvalue weighted by Crippen LogP contribution is -2.25. The van der Waals surface area contributed by atoms with Crippen LogP contribution >= 0.6 is 11.6 Å². The van der Waals surface area contributed by atoms with Gasteiger partial charge in [0.05, 0.1) is 20.3 Å². The summed E-state index contributed by atoms with van der Waals surface area (Å²) >= 11 is 6.03. The van der Waals surface area contributed by atoms with E-state index in [0.717, 1.165) is 29.0 Å². The molecule has 0 saturated carbocycles. The van der Waals surface area contributed by atoms with Gasteiger partial charge in [-0.15, -0.1) is 0 Å². The molecule has 3 rings (SSSR count). The highest BCUT2D eigenvalue weighted by atomic mass is 35.5. The molecule has 0 saturated heterocycles. The van der Waals surface area contributed by atoms with E-state index >= 15 is 0 Å². The zero-order valence-electron chi connectivity index (χ0n) is 14.2. The number of carbonyl (C=O) groups is 1. The van der Waals surface area contributed by atoms with Crippen LogP contribution in [0.2, 0.25) is 5.02 Å². The summed E-state index contributed by atoms with van der Waals surface area (Å²) in [5.74, 6) is 1.23. The summed E-state index contributed by atoms with van der Waals surface area (Å²) in [7, 11) is 3.19. The highest BCUT2D eigenvalue weighted by Gasteiger charge is 2.23.